The van der Waals surface area contributed by atoms with E-state index in [1.165, 1.54) is 12.1 Å². The Kier molecular flexibility index (Phi) is 6.35. The number of nitro benzene ring substituents is 2. The van der Waals surface area contributed by atoms with E-state index in [1.807, 2.05) is 24.3 Å². The topological polar surface area (TPSA) is 110 Å². The molecule has 10 heteroatoms. The van der Waals surface area contributed by atoms with E-state index in [2.05, 4.69) is 9.44 Å². The molecule has 3 aromatic carbocycles. The predicted octanol–water partition coefficient (Wildman–Crippen LogP) is 5.74. The van der Waals surface area contributed by atoms with Crippen molar-refractivity contribution in [1.82, 2.24) is 0 Å². The van der Waals surface area contributed by atoms with Crippen LogP contribution >= 0.6 is 23.9 Å². The van der Waals surface area contributed by atoms with Gasteiger partial charge in [0.1, 0.15) is 9.79 Å². The average Bonchev–Trinajstić information content (AvgIpc) is 2.71. The number of nitrogens with one attached hydrogen (secondary N) is 2. The first-order chi connectivity index (χ1) is 13.5. The van der Waals surface area contributed by atoms with E-state index < -0.39 is 9.85 Å². The van der Waals surface area contributed by atoms with Gasteiger partial charge in [0, 0.05) is 23.5 Å². The highest BCUT2D eigenvalue weighted by molar-refractivity contribution is 8.01. The monoisotopic (exact) mass is 414 g/mol. The number of para-hydroxylation sites is 2. The average molecular weight is 414 g/mol. The van der Waals surface area contributed by atoms with Gasteiger partial charge in [0.05, 0.1) is 9.85 Å². The van der Waals surface area contributed by atoms with Gasteiger partial charge in [0.2, 0.25) is 0 Å². The van der Waals surface area contributed by atoms with Crippen LogP contribution in [0.3, 0.4) is 0 Å². The van der Waals surface area contributed by atoms with Gasteiger partial charge in [0.15, 0.2) is 0 Å². The summed E-state index contributed by atoms with van der Waals surface area (Å²) >= 11 is 2.31. The van der Waals surface area contributed by atoms with Crippen molar-refractivity contribution in [2.45, 2.75) is 9.79 Å². The molecule has 0 spiro atoms. The lowest BCUT2D eigenvalue weighted by Crippen LogP contribution is -1.94. The molecule has 28 heavy (non-hydrogen) atoms. The van der Waals surface area contributed by atoms with Gasteiger partial charge in [-0.25, -0.2) is 0 Å². The number of hydrogen-bond donors (Lipinski definition) is 2. The Labute approximate surface area is 168 Å². The molecule has 0 amide bonds. The van der Waals surface area contributed by atoms with Crippen molar-refractivity contribution >= 4 is 46.6 Å². The molecule has 0 heterocycles. The van der Waals surface area contributed by atoms with Crippen LogP contribution in [0.2, 0.25) is 0 Å². The Balaban J connectivity index is 1.60. The summed E-state index contributed by atoms with van der Waals surface area (Å²) in [5.74, 6) is 0. The molecule has 3 aromatic rings. The second kappa shape index (κ2) is 9.11. The van der Waals surface area contributed by atoms with E-state index in [0.29, 0.717) is 9.79 Å². The summed E-state index contributed by atoms with van der Waals surface area (Å²) in [7, 11) is 0. The highest BCUT2D eigenvalue weighted by atomic mass is 32.2. The van der Waals surface area contributed by atoms with Crippen molar-refractivity contribution in [2.24, 2.45) is 0 Å². The Hall–Kier alpha value is -3.24. The van der Waals surface area contributed by atoms with Crippen molar-refractivity contribution in [1.29, 1.82) is 0 Å². The van der Waals surface area contributed by atoms with Crippen molar-refractivity contribution in [3.05, 3.63) is 93.0 Å². The minimum Gasteiger partial charge on any atom is -0.325 e. The number of hydrogen-bond acceptors (Lipinski definition) is 8. The Morgan fingerprint density at radius 2 is 0.964 bits per heavy atom. The van der Waals surface area contributed by atoms with Crippen LogP contribution in [0.5, 0.6) is 0 Å². The van der Waals surface area contributed by atoms with Gasteiger partial charge in [-0.3, -0.25) is 20.2 Å². The smallest absolute Gasteiger partial charge is 0.284 e. The molecule has 0 saturated carbocycles. The lowest BCUT2D eigenvalue weighted by molar-refractivity contribution is -0.387. The van der Waals surface area contributed by atoms with Crippen molar-refractivity contribution < 1.29 is 9.85 Å². The molecule has 0 fully saturated rings. The fourth-order valence-electron chi connectivity index (χ4n) is 2.22. The Morgan fingerprint density at radius 3 is 1.32 bits per heavy atom. The molecule has 0 bridgehead atoms. The fraction of sp³-hybridized carbons (Fsp3) is 0. The van der Waals surface area contributed by atoms with Crippen LogP contribution in [-0.2, 0) is 0 Å². The molecular weight excluding hydrogens is 400 g/mol. The van der Waals surface area contributed by atoms with Crippen LogP contribution in [0.25, 0.3) is 0 Å². The summed E-state index contributed by atoms with van der Waals surface area (Å²) < 4.78 is 6.14. The summed E-state index contributed by atoms with van der Waals surface area (Å²) in [6.45, 7) is 0. The number of anilines is 2. The van der Waals surface area contributed by atoms with Gasteiger partial charge in [-0.2, -0.15) is 0 Å². The highest BCUT2D eigenvalue weighted by Crippen LogP contribution is 2.32. The van der Waals surface area contributed by atoms with Gasteiger partial charge in [-0.15, -0.1) is 0 Å². The van der Waals surface area contributed by atoms with Crippen molar-refractivity contribution in [2.75, 3.05) is 9.44 Å². The standard InChI is InChI=1S/C18H14N4O4S2/c23-21(24)15-5-1-3-7-17(15)27-19-13-9-11-14(12-10-13)20-28-18-8-4-2-6-16(18)22(25)26/h1-12,19-20H. The third kappa shape index (κ3) is 4.93. The summed E-state index contributed by atoms with van der Waals surface area (Å²) in [5.41, 5.74) is 1.62. The zero-order chi connectivity index (χ0) is 19.9. The fourth-order valence-corrected chi connectivity index (χ4v) is 3.74. The Morgan fingerprint density at radius 1 is 0.607 bits per heavy atom. The molecule has 0 aliphatic heterocycles. The maximum atomic E-state index is 11.0. The molecule has 0 atom stereocenters. The van der Waals surface area contributed by atoms with E-state index in [0.717, 1.165) is 35.3 Å². The van der Waals surface area contributed by atoms with E-state index in [9.17, 15) is 20.2 Å². The summed E-state index contributed by atoms with van der Waals surface area (Å²) in [4.78, 5) is 22.3. The first kappa shape index (κ1) is 19.5. The second-order valence-electron chi connectivity index (χ2n) is 5.44. The SMILES string of the molecule is O=[N+]([O-])c1ccccc1SNc1ccc(NSc2ccccc2[N+](=O)[O-])cc1. The van der Waals surface area contributed by atoms with Crippen molar-refractivity contribution in [3.63, 3.8) is 0 Å². The molecule has 8 nitrogen and oxygen atoms in total. The summed E-state index contributed by atoms with van der Waals surface area (Å²) in [6.07, 6.45) is 0. The largest absolute Gasteiger partial charge is 0.325 e. The number of nitro groups is 2. The van der Waals surface area contributed by atoms with Crippen LogP contribution in [-0.4, -0.2) is 9.85 Å². The summed E-state index contributed by atoms with van der Waals surface area (Å²) in [5, 5.41) is 22.1. The minimum absolute atomic E-state index is 0.0409. The van der Waals surface area contributed by atoms with E-state index in [1.54, 1.807) is 36.4 Å². The zero-order valence-corrected chi connectivity index (χ0v) is 15.9. The lowest BCUT2D eigenvalue weighted by Gasteiger charge is -2.08. The Bertz CT molecular complexity index is 918. The third-order valence-corrected chi connectivity index (χ3v) is 5.37. The minimum atomic E-state index is -0.420. The molecule has 0 unspecified atom stereocenters. The van der Waals surface area contributed by atoms with E-state index >= 15 is 0 Å². The molecule has 3 rings (SSSR count). The van der Waals surface area contributed by atoms with E-state index in [4.69, 9.17) is 0 Å². The molecule has 0 aliphatic carbocycles. The van der Waals surface area contributed by atoms with Crippen LogP contribution < -0.4 is 9.44 Å². The van der Waals surface area contributed by atoms with Gasteiger partial charge in [-0.05, 0) is 60.3 Å². The predicted molar refractivity (Wildman–Crippen MR) is 112 cm³/mol. The van der Waals surface area contributed by atoms with Gasteiger partial charge < -0.3 is 9.44 Å². The normalized spacial score (nSPS) is 10.3. The van der Waals surface area contributed by atoms with Crippen LogP contribution in [0, 0.1) is 20.2 Å². The second-order valence-corrected chi connectivity index (χ2v) is 7.13. The zero-order valence-electron chi connectivity index (χ0n) is 14.3. The quantitative estimate of drug-likeness (QED) is 0.273. The number of rotatable bonds is 8. The molecule has 0 aliphatic rings. The third-order valence-electron chi connectivity index (χ3n) is 3.57. The molecule has 0 aromatic heterocycles. The van der Waals surface area contributed by atoms with Crippen LogP contribution in [0.4, 0.5) is 22.7 Å². The number of benzene rings is 3. The molecular formula is C18H14N4O4S2. The first-order valence-electron chi connectivity index (χ1n) is 7.97. The van der Waals surface area contributed by atoms with Gasteiger partial charge in [0.25, 0.3) is 11.4 Å². The van der Waals surface area contributed by atoms with Crippen LogP contribution in [0.15, 0.2) is 82.6 Å². The maximum absolute atomic E-state index is 11.0. The van der Waals surface area contributed by atoms with E-state index in [-0.39, 0.29) is 11.4 Å². The molecule has 0 radical (unpaired) electrons. The lowest BCUT2D eigenvalue weighted by atomic mass is 10.3. The van der Waals surface area contributed by atoms with Crippen LogP contribution in [0.1, 0.15) is 0 Å². The molecule has 142 valence electrons. The first-order valence-corrected chi connectivity index (χ1v) is 9.60. The maximum Gasteiger partial charge on any atom is 0.284 e. The summed E-state index contributed by atoms with van der Waals surface area (Å²) in [6, 6.07) is 20.2. The van der Waals surface area contributed by atoms with Gasteiger partial charge in [-0.1, -0.05) is 24.3 Å². The highest BCUT2D eigenvalue weighted by Gasteiger charge is 2.14. The van der Waals surface area contributed by atoms with Gasteiger partial charge >= 0.3 is 0 Å². The molecule has 0 saturated heterocycles. The van der Waals surface area contributed by atoms with Crippen molar-refractivity contribution in [3.8, 4) is 0 Å². The number of nitrogens with zero attached hydrogens (tertiary/aromatic N) is 2. The molecule has 2 N–H and O–H groups in total.